The van der Waals surface area contributed by atoms with E-state index in [1.165, 1.54) is 3.57 Å². The van der Waals surface area contributed by atoms with E-state index in [9.17, 15) is 4.79 Å². The standard InChI is InChI=1S/C14H19IN2O2/c15-11-3-7-12(8-4-11)16-9-10-1-5-13(6-2-10)17-14(18)19/h3-4,7-8,10,13,16-17H,1-2,5-6,9H2,(H,18,19). The van der Waals surface area contributed by atoms with Gasteiger partial charge in [0.1, 0.15) is 0 Å². The summed E-state index contributed by atoms with van der Waals surface area (Å²) < 4.78 is 1.24. The molecule has 1 aliphatic carbocycles. The Kier molecular flexibility index (Phi) is 5.30. The van der Waals surface area contributed by atoms with E-state index in [4.69, 9.17) is 5.11 Å². The molecule has 0 aliphatic heterocycles. The van der Waals surface area contributed by atoms with Crippen LogP contribution in [0.4, 0.5) is 10.5 Å². The maximum atomic E-state index is 10.6. The fourth-order valence-electron chi connectivity index (χ4n) is 2.52. The zero-order chi connectivity index (χ0) is 13.7. The molecule has 1 amide bonds. The van der Waals surface area contributed by atoms with E-state index in [2.05, 4.69) is 57.5 Å². The largest absolute Gasteiger partial charge is 0.465 e. The molecule has 1 aromatic carbocycles. The summed E-state index contributed by atoms with van der Waals surface area (Å²) >= 11 is 2.30. The van der Waals surface area contributed by atoms with Gasteiger partial charge in [0.05, 0.1) is 0 Å². The number of rotatable bonds is 4. The second kappa shape index (κ2) is 6.98. The van der Waals surface area contributed by atoms with Crippen molar-refractivity contribution in [1.29, 1.82) is 0 Å². The van der Waals surface area contributed by atoms with Gasteiger partial charge < -0.3 is 15.7 Å². The first-order valence-electron chi connectivity index (χ1n) is 6.62. The maximum Gasteiger partial charge on any atom is 0.404 e. The Balaban J connectivity index is 1.71. The summed E-state index contributed by atoms with van der Waals surface area (Å²) in [6.45, 7) is 0.973. The van der Waals surface area contributed by atoms with Gasteiger partial charge in [-0.15, -0.1) is 0 Å². The highest BCUT2D eigenvalue weighted by molar-refractivity contribution is 14.1. The second-order valence-electron chi connectivity index (χ2n) is 5.05. The molecular weight excluding hydrogens is 355 g/mol. The number of hydrogen-bond acceptors (Lipinski definition) is 2. The summed E-state index contributed by atoms with van der Waals surface area (Å²) in [5, 5.41) is 14.7. The van der Waals surface area contributed by atoms with Gasteiger partial charge in [-0.25, -0.2) is 4.79 Å². The Hall–Kier alpha value is -0.980. The Bertz CT molecular complexity index is 414. The van der Waals surface area contributed by atoms with Crippen molar-refractivity contribution in [3.05, 3.63) is 27.8 Å². The Morgan fingerprint density at radius 2 is 1.84 bits per heavy atom. The summed E-state index contributed by atoms with van der Waals surface area (Å²) in [5.41, 5.74) is 1.16. The van der Waals surface area contributed by atoms with Crippen LogP contribution in [-0.4, -0.2) is 23.8 Å². The summed E-state index contributed by atoms with van der Waals surface area (Å²) in [4.78, 5) is 10.6. The Morgan fingerprint density at radius 1 is 1.21 bits per heavy atom. The van der Waals surface area contributed by atoms with Gasteiger partial charge >= 0.3 is 6.09 Å². The average Bonchev–Trinajstić information content (AvgIpc) is 2.39. The van der Waals surface area contributed by atoms with Crippen molar-refractivity contribution >= 4 is 34.4 Å². The summed E-state index contributed by atoms with van der Waals surface area (Å²) in [7, 11) is 0. The molecule has 19 heavy (non-hydrogen) atoms. The zero-order valence-electron chi connectivity index (χ0n) is 10.7. The molecule has 4 nitrogen and oxygen atoms in total. The van der Waals surface area contributed by atoms with Gasteiger partial charge in [0.15, 0.2) is 0 Å². The fraction of sp³-hybridized carbons (Fsp3) is 0.500. The van der Waals surface area contributed by atoms with Gasteiger partial charge in [0, 0.05) is 21.8 Å². The summed E-state index contributed by atoms with van der Waals surface area (Å²) in [6, 6.07) is 8.53. The number of carboxylic acid groups (broad SMARTS) is 1. The van der Waals surface area contributed by atoms with Crippen molar-refractivity contribution in [2.24, 2.45) is 5.92 Å². The molecule has 104 valence electrons. The van der Waals surface area contributed by atoms with Crippen LogP contribution in [0.2, 0.25) is 0 Å². The van der Waals surface area contributed by atoms with Crippen LogP contribution >= 0.6 is 22.6 Å². The third-order valence-electron chi connectivity index (χ3n) is 3.61. The van der Waals surface area contributed by atoms with Gasteiger partial charge in [-0.05, 0) is 78.5 Å². The monoisotopic (exact) mass is 374 g/mol. The van der Waals surface area contributed by atoms with Crippen LogP contribution in [0.1, 0.15) is 25.7 Å². The first kappa shape index (κ1) is 14.4. The summed E-state index contributed by atoms with van der Waals surface area (Å²) in [6.07, 6.45) is 3.17. The molecule has 2 rings (SSSR count). The van der Waals surface area contributed by atoms with Crippen LogP contribution < -0.4 is 10.6 Å². The predicted octanol–water partition coefficient (Wildman–Crippen LogP) is 3.53. The number of nitrogens with one attached hydrogen (secondary N) is 2. The molecule has 1 aliphatic rings. The van der Waals surface area contributed by atoms with E-state index < -0.39 is 6.09 Å². The molecule has 0 saturated heterocycles. The van der Waals surface area contributed by atoms with Crippen molar-refractivity contribution < 1.29 is 9.90 Å². The molecule has 1 saturated carbocycles. The minimum absolute atomic E-state index is 0.145. The highest BCUT2D eigenvalue weighted by atomic mass is 127. The van der Waals surface area contributed by atoms with E-state index >= 15 is 0 Å². The highest BCUT2D eigenvalue weighted by Gasteiger charge is 2.21. The average molecular weight is 374 g/mol. The number of benzene rings is 1. The van der Waals surface area contributed by atoms with Crippen molar-refractivity contribution in [1.82, 2.24) is 5.32 Å². The normalized spacial score (nSPS) is 22.8. The van der Waals surface area contributed by atoms with Gasteiger partial charge in [-0.3, -0.25) is 0 Å². The number of anilines is 1. The van der Waals surface area contributed by atoms with Gasteiger partial charge in [0.2, 0.25) is 0 Å². The minimum atomic E-state index is -0.902. The van der Waals surface area contributed by atoms with E-state index in [-0.39, 0.29) is 6.04 Å². The van der Waals surface area contributed by atoms with Gasteiger partial charge in [0.25, 0.3) is 0 Å². The molecule has 0 unspecified atom stereocenters. The lowest BCUT2D eigenvalue weighted by atomic mass is 9.86. The Labute approximate surface area is 127 Å². The predicted molar refractivity (Wildman–Crippen MR) is 84.6 cm³/mol. The lowest BCUT2D eigenvalue weighted by Crippen LogP contribution is -2.37. The topological polar surface area (TPSA) is 61.4 Å². The summed E-state index contributed by atoms with van der Waals surface area (Å²) in [5.74, 6) is 0.645. The van der Waals surface area contributed by atoms with Crippen LogP contribution in [0.25, 0.3) is 0 Å². The second-order valence-corrected chi connectivity index (χ2v) is 6.30. The van der Waals surface area contributed by atoms with E-state index in [1.54, 1.807) is 0 Å². The third kappa shape index (κ3) is 4.89. The van der Waals surface area contributed by atoms with Crippen LogP contribution in [0.15, 0.2) is 24.3 Å². The fourth-order valence-corrected chi connectivity index (χ4v) is 2.88. The smallest absolute Gasteiger partial charge is 0.404 e. The number of hydrogen-bond donors (Lipinski definition) is 3. The molecule has 0 radical (unpaired) electrons. The number of halogens is 1. The molecule has 0 heterocycles. The Morgan fingerprint density at radius 3 is 2.42 bits per heavy atom. The van der Waals surface area contributed by atoms with E-state index in [0.717, 1.165) is 37.9 Å². The molecule has 0 spiro atoms. The molecule has 5 heteroatoms. The molecule has 0 aromatic heterocycles. The lowest BCUT2D eigenvalue weighted by molar-refractivity contribution is 0.183. The number of carbonyl (C=O) groups is 1. The number of amides is 1. The van der Waals surface area contributed by atoms with Crippen LogP contribution in [0.5, 0.6) is 0 Å². The molecule has 0 atom stereocenters. The minimum Gasteiger partial charge on any atom is -0.465 e. The zero-order valence-corrected chi connectivity index (χ0v) is 12.9. The van der Waals surface area contributed by atoms with Gasteiger partial charge in [-0.2, -0.15) is 0 Å². The van der Waals surface area contributed by atoms with Crippen molar-refractivity contribution in [2.45, 2.75) is 31.7 Å². The third-order valence-corrected chi connectivity index (χ3v) is 4.33. The van der Waals surface area contributed by atoms with Gasteiger partial charge in [-0.1, -0.05) is 0 Å². The van der Waals surface area contributed by atoms with Crippen LogP contribution in [0, 0.1) is 9.49 Å². The van der Waals surface area contributed by atoms with Crippen LogP contribution in [-0.2, 0) is 0 Å². The molecular formula is C14H19IN2O2. The van der Waals surface area contributed by atoms with Crippen molar-refractivity contribution in [3.63, 3.8) is 0 Å². The first-order chi connectivity index (χ1) is 9.13. The molecule has 1 fully saturated rings. The SMILES string of the molecule is O=C(O)NC1CCC(CNc2ccc(I)cc2)CC1. The maximum absolute atomic E-state index is 10.6. The first-order valence-corrected chi connectivity index (χ1v) is 7.70. The molecule has 1 aromatic rings. The van der Waals surface area contributed by atoms with E-state index in [0.29, 0.717) is 5.92 Å². The quantitative estimate of drug-likeness (QED) is 0.707. The lowest BCUT2D eigenvalue weighted by Gasteiger charge is -2.28. The van der Waals surface area contributed by atoms with Crippen molar-refractivity contribution in [3.8, 4) is 0 Å². The molecule has 3 N–H and O–H groups in total. The van der Waals surface area contributed by atoms with Crippen molar-refractivity contribution in [2.75, 3.05) is 11.9 Å². The van der Waals surface area contributed by atoms with Crippen LogP contribution in [0.3, 0.4) is 0 Å². The van der Waals surface area contributed by atoms with E-state index in [1.807, 2.05) is 0 Å². The highest BCUT2D eigenvalue weighted by Crippen LogP contribution is 2.24. The molecule has 0 bridgehead atoms.